The first-order valence-corrected chi connectivity index (χ1v) is 11.7. The molecule has 0 radical (unpaired) electrons. The van der Waals surface area contributed by atoms with Gasteiger partial charge < -0.3 is 10.4 Å². The summed E-state index contributed by atoms with van der Waals surface area (Å²) >= 11 is 0. The zero-order chi connectivity index (χ0) is 24.9. The van der Waals surface area contributed by atoms with Gasteiger partial charge in [0.25, 0.3) is 0 Å². The maximum absolute atomic E-state index is 13.3. The first-order valence-electron chi connectivity index (χ1n) is 11.7. The lowest BCUT2D eigenvalue weighted by Gasteiger charge is -2.14. The van der Waals surface area contributed by atoms with Gasteiger partial charge in [0.1, 0.15) is 11.8 Å². The predicted octanol–water partition coefficient (Wildman–Crippen LogP) is 5.21. The molecule has 1 unspecified atom stereocenters. The molecule has 6 heteroatoms. The number of aromatic nitrogens is 2. The van der Waals surface area contributed by atoms with E-state index in [1.165, 1.54) is 12.5 Å². The largest absolute Gasteiger partial charge is 0.384 e. The Morgan fingerprint density at radius 2 is 1.66 bits per heavy atom. The zero-order valence-electron chi connectivity index (χ0n) is 20.2. The third-order valence-corrected chi connectivity index (χ3v) is 5.86. The van der Waals surface area contributed by atoms with Crippen molar-refractivity contribution in [2.24, 2.45) is 0 Å². The van der Waals surface area contributed by atoms with Gasteiger partial charge >= 0.3 is 0 Å². The van der Waals surface area contributed by atoms with E-state index in [9.17, 15) is 14.7 Å². The third-order valence-electron chi connectivity index (χ3n) is 5.86. The molecular formula is C29H29N3O3. The van der Waals surface area contributed by atoms with Crippen LogP contribution in [0.4, 0.5) is 5.69 Å². The standard InChI is InChI=1S/C29H29N3O3/c1-4-21-7-6-10-26(17-21)32-27(15-19(2)31-32)28(34)18-22-8-5-9-24(16-22)29(35)23-11-13-25(14-12-23)30-20(3)33/h5-17,29,35H,4,18H2,1-3H3,(H,30,33). The van der Waals surface area contributed by atoms with Crippen LogP contribution in [0.3, 0.4) is 0 Å². The van der Waals surface area contributed by atoms with Gasteiger partial charge in [-0.2, -0.15) is 5.10 Å². The summed E-state index contributed by atoms with van der Waals surface area (Å²) in [5.74, 6) is -0.191. The summed E-state index contributed by atoms with van der Waals surface area (Å²) in [6.07, 6.45) is 0.254. The summed E-state index contributed by atoms with van der Waals surface area (Å²) in [5, 5.41) is 18.2. The van der Waals surface area contributed by atoms with Gasteiger partial charge in [-0.25, -0.2) is 4.68 Å². The molecule has 0 fully saturated rings. The lowest BCUT2D eigenvalue weighted by molar-refractivity contribution is -0.114. The average molecular weight is 468 g/mol. The van der Waals surface area contributed by atoms with Crippen LogP contribution < -0.4 is 5.32 Å². The molecule has 2 N–H and O–H groups in total. The van der Waals surface area contributed by atoms with E-state index in [1.54, 1.807) is 28.9 Å². The Kier molecular flexibility index (Phi) is 7.22. The van der Waals surface area contributed by atoms with E-state index in [0.29, 0.717) is 22.5 Å². The number of rotatable bonds is 8. The Labute approximate surface area is 205 Å². The number of carbonyl (C=O) groups is 2. The molecule has 35 heavy (non-hydrogen) atoms. The maximum Gasteiger partial charge on any atom is 0.221 e. The molecule has 0 saturated heterocycles. The molecule has 1 amide bonds. The topological polar surface area (TPSA) is 84.2 Å². The van der Waals surface area contributed by atoms with E-state index in [1.807, 2.05) is 49.4 Å². The summed E-state index contributed by atoms with van der Waals surface area (Å²) in [6, 6.07) is 24.4. The normalized spacial score (nSPS) is 11.8. The number of anilines is 1. The molecule has 3 aromatic carbocycles. The van der Waals surface area contributed by atoms with Crippen molar-refractivity contribution in [2.45, 2.75) is 39.7 Å². The number of nitrogens with one attached hydrogen (secondary N) is 1. The number of Topliss-reactive ketones (excluding diaryl/α,β-unsaturated/α-hetero) is 1. The van der Waals surface area contributed by atoms with Crippen LogP contribution in [0, 0.1) is 6.92 Å². The first kappa shape index (κ1) is 24.1. The Balaban J connectivity index is 1.54. The number of ketones is 1. The van der Waals surface area contributed by atoms with Crippen LogP contribution in [-0.2, 0) is 17.6 Å². The van der Waals surface area contributed by atoms with E-state index >= 15 is 0 Å². The second kappa shape index (κ2) is 10.5. The second-order valence-corrected chi connectivity index (χ2v) is 8.66. The van der Waals surface area contributed by atoms with Gasteiger partial charge in [-0.1, -0.05) is 55.5 Å². The molecule has 4 rings (SSSR count). The minimum absolute atomic E-state index is 0.0428. The molecule has 1 heterocycles. The molecular weight excluding hydrogens is 438 g/mol. The Morgan fingerprint density at radius 3 is 2.37 bits per heavy atom. The minimum atomic E-state index is -0.846. The number of amides is 1. The fourth-order valence-corrected chi connectivity index (χ4v) is 4.10. The zero-order valence-corrected chi connectivity index (χ0v) is 20.2. The highest BCUT2D eigenvalue weighted by molar-refractivity contribution is 5.96. The molecule has 0 spiro atoms. The van der Waals surface area contributed by atoms with Crippen LogP contribution in [-0.4, -0.2) is 26.6 Å². The summed E-state index contributed by atoms with van der Waals surface area (Å²) in [7, 11) is 0. The second-order valence-electron chi connectivity index (χ2n) is 8.66. The molecule has 0 saturated carbocycles. The molecule has 0 aliphatic carbocycles. The first-order chi connectivity index (χ1) is 16.8. The van der Waals surface area contributed by atoms with E-state index in [0.717, 1.165) is 23.4 Å². The Bertz CT molecular complexity index is 1360. The van der Waals surface area contributed by atoms with Crippen molar-refractivity contribution in [1.82, 2.24) is 9.78 Å². The molecule has 0 aliphatic rings. The monoisotopic (exact) mass is 467 g/mol. The van der Waals surface area contributed by atoms with E-state index in [-0.39, 0.29) is 18.1 Å². The number of benzene rings is 3. The van der Waals surface area contributed by atoms with Crippen molar-refractivity contribution in [1.29, 1.82) is 0 Å². The Morgan fingerprint density at radius 1 is 0.943 bits per heavy atom. The minimum Gasteiger partial charge on any atom is -0.384 e. The molecule has 4 aromatic rings. The quantitative estimate of drug-likeness (QED) is 0.349. The Hall–Kier alpha value is -4.03. The van der Waals surface area contributed by atoms with Crippen LogP contribution in [0.25, 0.3) is 5.69 Å². The lowest BCUT2D eigenvalue weighted by atomic mass is 9.97. The van der Waals surface area contributed by atoms with E-state index in [4.69, 9.17) is 0 Å². The predicted molar refractivity (Wildman–Crippen MR) is 137 cm³/mol. The van der Waals surface area contributed by atoms with Crippen LogP contribution in [0.1, 0.15) is 58.4 Å². The summed E-state index contributed by atoms with van der Waals surface area (Å²) in [4.78, 5) is 24.5. The summed E-state index contributed by atoms with van der Waals surface area (Å²) in [6.45, 7) is 5.43. The van der Waals surface area contributed by atoms with Gasteiger partial charge in [-0.15, -0.1) is 0 Å². The van der Waals surface area contributed by atoms with Crippen molar-refractivity contribution < 1.29 is 14.7 Å². The highest BCUT2D eigenvalue weighted by Crippen LogP contribution is 2.25. The number of carbonyl (C=O) groups excluding carboxylic acids is 2. The molecule has 0 aliphatic heterocycles. The SMILES string of the molecule is CCc1cccc(-n2nc(C)cc2C(=O)Cc2cccc(C(O)c3ccc(NC(C)=O)cc3)c2)c1. The van der Waals surface area contributed by atoms with Gasteiger partial charge in [-0.3, -0.25) is 9.59 Å². The van der Waals surface area contributed by atoms with Crippen molar-refractivity contribution in [3.05, 3.63) is 113 Å². The number of aliphatic hydroxyl groups excluding tert-OH is 1. The van der Waals surface area contributed by atoms with Gasteiger partial charge in [0, 0.05) is 19.0 Å². The number of hydrogen-bond donors (Lipinski definition) is 2. The molecule has 1 atom stereocenters. The smallest absolute Gasteiger partial charge is 0.221 e. The third kappa shape index (κ3) is 5.73. The van der Waals surface area contributed by atoms with Crippen LogP contribution in [0.5, 0.6) is 0 Å². The van der Waals surface area contributed by atoms with Crippen molar-refractivity contribution in [3.63, 3.8) is 0 Å². The van der Waals surface area contributed by atoms with Gasteiger partial charge in [0.05, 0.1) is 11.4 Å². The molecule has 178 valence electrons. The van der Waals surface area contributed by atoms with Crippen LogP contribution in [0.2, 0.25) is 0 Å². The lowest BCUT2D eigenvalue weighted by Crippen LogP contribution is -2.12. The van der Waals surface area contributed by atoms with E-state index in [2.05, 4.69) is 29.5 Å². The number of aryl methyl sites for hydroxylation is 2. The summed E-state index contributed by atoms with van der Waals surface area (Å²) in [5.41, 5.74) is 6.25. The van der Waals surface area contributed by atoms with Crippen molar-refractivity contribution >= 4 is 17.4 Å². The van der Waals surface area contributed by atoms with Crippen molar-refractivity contribution in [2.75, 3.05) is 5.32 Å². The highest BCUT2D eigenvalue weighted by Gasteiger charge is 2.17. The summed E-state index contributed by atoms with van der Waals surface area (Å²) < 4.78 is 1.71. The van der Waals surface area contributed by atoms with E-state index < -0.39 is 6.10 Å². The van der Waals surface area contributed by atoms with Gasteiger partial charge in [-0.05, 0) is 65.9 Å². The van der Waals surface area contributed by atoms with Gasteiger partial charge in [0.2, 0.25) is 5.91 Å². The number of hydrogen-bond acceptors (Lipinski definition) is 4. The van der Waals surface area contributed by atoms with Crippen molar-refractivity contribution in [3.8, 4) is 5.69 Å². The number of aliphatic hydroxyl groups is 1. The fraction of sp³-hybridized carbons (Fsp3) is 0.207. The average Bonchev–Trinajstić information content (AvgIpc) is 3.26. The molecule has 6 nitrogen and oxygen atoms in total. The molecule has 0 bridgehead atoms. The van der Waals surface area contributed by atoms with Crippen LogP contribution >= 0.6 is 0 Å². The van der Waals surface area contributed by atoms with Crippen LogP contribution in [0.15, 0.2) is 78.9 Å². The maximum atomic E-state index is 13.3. The fourth-order valence-electron chi connectivity index (χ4n) is 4.10. The highest BCUT2D eigenvalue weighted by atomic mass is 16.3. The van der Waals surface area contributed by atoms with Gasteiger partial charge in [0.15, 0.2) is 5.78 Å². The molecule has 1 aromatic heterocycles. The number of nitrogens with zero attached hydrogens (tertiary/aromatic N) is 2.